The number of halogens is 2. The highest BCUT2D eigenvalue weighted by atomic mass is 19.1. The van der Waals surface area contributed by atoms with Gasteiger partial charge in [-0.2, -0.15) is 0 Å². The van der Waals surface area contributed by atoms with Crippen molar-refractivity contribution in [2.45, 2.75) is 46.1 Å². The minimum atomic E-state index is -0.673. The zero-order chi connectivity index (χ0) is 23.1. The van der Waals surface area contributed by atoms with Gasteiger partial charge < -0.3 is 9.88 Å². The van der Waals surface area contributed by atoms with E-state index in [1.807, 2.05) is 4.57 Å². The van der Waals surface area contributed by atoms with Crippen molar-refractivity contribution in [1.82, 2.24) is 24.7 Å². The average Bonchev–Trinajstić information content (AvgIpc) is 3.04. The number of anilines is 1. The maximum absolute atomic E-state index is 14.6. The highest BCUT2D eigenvalue weighted by molar-refractivity contribution is 6.11. The van der Waals surface area contributed by atoms with Crippen molar-refractivity contribution >= 4 is 22.6 Å². The lowest BCUT2D eigenvalue weighted by Crippen LogP contribution is -2.15. The molecule has 0 fully saturated rings. The summed E-state index contributed by atoms with van der Waals surface area (Å²) in [7, 11) is 0. The molecule has 0 saturated heterocycles. The molecule has 7 nitrogen and oxygen atoms in total. The largest absolute Gasteiger partial charge is 0.319 e. The molecule has 9 heteroatoms. The second kappa shape index (κ2) is 8.31. The first-order valence-corrected chi connectivity index (χ1v) is 10.9. The minimum absolute atomic E-state index is 0.0123. The zero-order valence-electron chi connectivity index (χ0n) is 18.3. The molecule has 2 aromatic heterocycles. The van der Waals surface area contributed by atoms with Crippen LogP contribution in [0, 0.1) is 25.5 Å². The predicted octanol–water partition coefficient (Wildman–Crippen LogP) is 4.76. The van der Waals surface area contributed by atoms with Crippen molar-refractivity contribution in [1.29, 1.82) is 0 Å². The summed E-state index contributed by atoms with van der Waals surface area (Å²) in [5.41, 5.74) is 2.40. The number of hydrogen-bond donors (Lipinski definition) is 1. The van der Waals surface area contributed by atoms with Crippen LogP contribution in [0.2, 0.25) is 0 Å². The fourth-order valence-corrected chi connectivity index (χ4v) is 4.12. The van der Waals surface area contributed by atoms with Gasteiger partial charge in [0, 0.05) is 24.6 Å². The first-order chi connectivity index (χ1) is 15.9. The molecule has 33 heavy (non-hydrogen) atoms. The van der Waals surface area contributed by atoms with Gasteiger partial charge in [-0.3, -0.25) is 4.79 Å². The Bertz CT molecular complexity index is 1400. The maximum atomic E-state index is 14.6. The molecule has 0 spiro atoms. The van der Waals surface area contributed by atoms with Crippen molar-refractivity contribution in [3.8, 4) is 11.4 Å². The Kier molecular flexibility index (Phi) is 5.32. The molecular weight excluding hydrogens is 426 g/mol. The van der Waals surface area contributed by atoms with Gasteiger partial charge in [0.1, 0.15) is 23.0 Å². The summed E-state index contributed by atoms with van der Waals surface area (Å²) in [6, 6.07) is 6.73. The first kappa shape index (κ1) is 21.1. The molecule has 0 atom stereocenters. The number of aromatic nitrogens is 5. The van der Waals surface area contributed by atoms with Gasteiger partial charge in [0.25, 0.3) is 5.91 Å². The summed E-state index contributed by atoms with van der Waals surface area (Å²) in [6.45, 7) is 4.32. The van der Waals surface area contributed by atoms with E-state index in [4.69, 9.17) is 0 Å². The molecule has 0 saturated carbocycles. The number of carbonyl (C=O) groups excluding carboxylic acids is 1. The monoisotopic (exact) mass is 448 g/mol. The topological polar surface area (TPSA) is 85.6 Å². The van der Waals surface area contributed by atoms with Gasteiger partial charge in [-0.1, -0.05) is 6.42 Å². The number of hydrogen-bond acceptors (Lipinski definition) is 5. The number of fused-ring (bicyclic) bond motifs is 2. The molecule has 0 aliphatic carbocycles. The Hall–Kier alpha value is -3.75. The smallest absolute Gasteiger partial charge is 0.258 e. The van der Waals surface area contributed by atoms with Crippen LogP contribution in [0.25, 0.3) is 22.4 Å². The number of nitrogens with one attached hydrogen (secondary N) is 1. The van der Waals surface area contributed by atoms with E-state index in [9.17, 15) is 13.6 Å². The Balaban J connectivity index is 1.52. The lowest BCUT2D eigenvalue weighted by molar-refractivity contribution is 0.102. The summed E-state index contributed by atoms with van der Waals surface area (Å²) < 4.78 is 30.9. The third kappa shape index (κ3) is 3.94. The lowest BCUT2D eigenvalue weighted by atomic mass is 10.1. The molecule has 168 valence electrons. The molecule has 0 bridgehead atoms. The summed E-state index contributed by atoms with van der Waals surface area (Å²) in [5.74, 6) is -0.358. The number of nitrogens with zero attached hydrogens (tertiary/aromatic N) is 5. The van der Waals surface area contributed by atoms with Crippen molar-refractivity contribution < 1.29 is 13.6 Å². The fraction of sp³-hybridized carbons (Fsp3) is 0.292. The van der Waals surface area contributed by atoms with Gasteiger partial charge in [-0.25, -0.2) is 18.7 Å². The van der Waals surface area contributed by atoms with Gasteiger partial charge >= 0.3 is 0 Å². The van der Waals surface area contributed by atoms with Crippen LogP contribution in [0.4, 0.5) is 14.5 Å². The van der Waals surface area contributed by atoms with Crippen LogP contribution in [0.3, 0.4) is 0 Å². The van der Waals surface area contributed by atoms with Crippen molar-refractivity contribution in [2.75, 3.05) is 5.32 Å². The van der Waals surface area contributed by atoms with E-state index in [2.05, 4.69) is 25.5 Å². The number of amides is 1. The molecule has 1 N–H and O–H groups in total. The summed E-state index contributed by atoms with van der Waals surface area (Å²) in [6.07, 6.45) is 4.06. The number of aryl methyl sites for hydroxylation is 3. The van der Waals surface area contributed by atoms with Crippen LogP contribution < -0.4 is 5.32 Å². The van der Waals surface area contributed by atoms with Crippen molar-refractivity contribution in [3.05, 3.63) is 64.7 Å². The van der Waals surface area contributed by atoms with E-state index in [0.29, 0.717) is 22.8 Å². The van der Waals surface area contributed by atoms with Crippen LogP contribution in [0.5, 0.6) is 0 Å². The third-order valence-electron chi connectivity index (χ3n) is 5.97. The van der Waals surface area contributed by atoms with Crippen LogP contribution in [0.1, 0.15) is 46.8 Å². The van der Waals surface area contributed by atoms with E-state index in [0.717, 1.165) is 44.1 Å². The van der Waals surface area contributed by atoms with E-state index >= 15 is 0 Å². The highest BCUT2D eigenvalue weighted by Gasteiger charge is 2.20. The quantitative estimate of drug-likeness (QED) is 0.488. The van der Waals surface area contributed by atoms with Crippen LogP contribution >= 0.6 is 0 Å². The second-order valence-corrected chi connectivity index (χ2v) is 8.27. The highest BCUT2D eigenvalue weighted by Crippen LogP contribution is 2.28. The van der Waals surface area contributed by atoms with Gasteiger partial charge in [0.05, 0.1) is 28.2 Å². The molecule has 1 amide bonds. The Morgan fingerprint density at radius 2 is 1.82 bits per heavy atom. The molecule has 5 rings (SSSR count). The predicted molar refractivity (Wildman–Crippen MR) is 120 cm³/mol. The van der Waals surface area contributed by atoms with Crippen molar-refractivity contribution in [2.24, 2.45) is 0 Å². The normalized spacial score (nSPS) is 13.6. The fourth-order valence-electron chi connectivity index (χ4n) is 4.12. The number of rotatable bonds is 3. The summed E-state index contributed by atoms with van der Waals surface area (Å²) in [4.78, 5) is 21.8. The van der Waals surface area contributed by atoms with E-state index in [-0.39, 0.29) is 22.3 Å². The lowest BCUT2D eigenvalue weighted by Gasteiger charge is -2.12. The van der Waals surface area contributed by atoms with Gasteiger partial charge in [0.15, 0.2) is 5.82 Å². The molecule has 0 unspecified atom stereocenters. The van der Waals surface area contributed by atoms with Crippen LogP contribution in [-0.2, 0) is 13.0 Å². The summed E-state index contributed by atoms with van der Waals surface area (Å²) in [5, 5.41) is 11.2. The average molecular weight is 448 g/mol. The molecule has 4 aromatic rings. The second-order valence-electron chi connectivity index (χ2n) is 8.27. The molecule has 3 heterocycles. The van der Waals surface area contributed by atoms with Gasteiger partial charge in [-0.15, -0.1) is 10.2 Å². The maximum Gasteiger partial charge on any atom is 0.258 e. The summed E-state index contributed by atoms with van der Waals surface area (Å²) >= 11 is 0. The molecule has 2 aromatic carbocycles. The minimum Gasteiger partial charge on any atom is -0.319 e. The first-order valence-electron chi connectivity index (χ1n) is 10.9. The Morgan fingerprint density at radius 1 is 1.00 bits per heavy atom. The van der Waals surface area contributed by atoms with E-state index in [1.54, 1.807) is 19.9 Å². The van der Waals surface area contributed by atoms with E-state index < -0.39 is 17.5 Å². The SMILES string of the molecule is Cc1nc2cc(F)cc(C(=O)Nc3cc(-c4nnc5n4CCCCC5)ccc3F)c2nc1C. The zero-order valence-corrected chi connectivity index (χ0v) is 18.3. The van der Waals surface area contributed by atoms with Crippen molar-refractivity contribution in [3.63, 3.8) is 0 Å². The third-order valence-corrected chi connectivity index (χ3v) is 5.97. The number of benzene rings is 2. The Labute approximate surface area is 188 Å². The van der Waals surface area contributed by atoms with Gasteiger partial charge in [-0.05, 0) is 51.0 Å². The Morgan fingerprint density at radius 3 is 2.67 bits per heavy atom. The van der Waals surface area contributed by atoms with Crippen LogP contribution in [-0.4, -0.2) is 30.6 Å². The standard InChI is InChI=1S/C24H22F2N6O/c1-13-14(2)28-22-17(11-16(25)12-20(22)27-13)24(33)29-19-10-15(7-8-18(19)26)23-31-30-21-6-4-3-5-9-32(21)23/h7-8,10-12H,3-6,9H2,1-2H3,(H,29,33). The van der Waals surface area contributed by atoms with E-state index in [1.165, 1.54) is 18.2 Å². The molecule has 1 aliphatic heterocycles. The molecule has 0 radical (unpaired) electrons. The van der Waals surface area contributed by atoms with Gasteiger partial charge in [0.2, 0.25) is 0 Å². The molecular formula is C24H22F2N6O. The van der Waals surface area contributed by atoms with Crippen LogP contribution in [0.15, 0.2) is 30.3 Å². The number of carbonyl (C=O) groups is 1. The molecule has 1 aliphatic rings.